The molecule has 0 aliphatic heterocycles. The van der Waals surface area contributed by atoms with Crippen LogP contribution in [0.15, 0.2) is 30.3 Å². The van der Waals surface area contributed by atoms with Crippen LogP contribution in [0.1, 0.15) is 31.2 Å². The highest BCUT2D eigenvalue weighted by Gasteiger charge is 2.22. The molecule has 0 spiro atoms. The summed E-state index contributed by atoms with van der Waals surface area (Å²) in [4.78, 5) is 40.3. The van der Waals surface area contributed by atoms with E-state index < -0.39 is 5.97 Å². The van der Waals surface area contributed by atoms with Crippen LogP contribution in [0.25, 0.3) is 0 Å². The van der Waals surface area contributed by atoms with Gasteiger partial charge in [0.2, 0.25) is 11.8 Å². The topological polar surface area (TPSA) is 85.4 Å². The second-order valence-electron chi connectivity index (χ2n) is 5.87. The molecule has 27 heavy (non-hydrogen) atoms. The van der Waals surface area contributed by atoms with Gasteiger partial charge in [-0.15, -0.1) is 0 Å². The maximum Gasteiger partial charge on any atom is 0.309 e. The number of nitrogens with one attached hydrogen (secondary N) is 1. The predicted molar refractivity (Wildman–Crippen MR) is 108 cm³/mol. The Hall–Kier alpha value is -2.19. The highest BCUT2D eigenvalue weighted by Crippen LogP contribution is 2.30. The number of amides is 1. The highest BCUT2D eigenvalue weighted by atomic mass is 32.2. The minimum Gasteiger partial charge on any atom is -0.406 e. The van der Waals surface area contributed by atoms with E-state index in [1.165, 1.54) is 25.2 Å². The Morgan fingerprint density at radius 3 is 2.52 bits per heavy atom. The fraction of sp³-hybridized carbons (Fsp3) is 0.368. The van der Waals surface area contributed by atoms with Crippen molar-refractivity contribution >= 4 is 45.2 Å². The summed E-state index contributed by atoms with van der Waals surface area (Å²) in [6.07, 6.45) is 1.17. The van der Waals surface area contributed by atoms with Crippen LogP contribution in [0.5, 0.6) is 5.88 Å². The molecule has 1 atom stereocenters. The number of ether oxygens (including phenoxy) is 1. The van der Waals surface area contributed by atoms with Gasteiger partial charge in [-0.05, 0) is 18.4 Å². The highest BCUT2D eigenvalue weighted by molar-refractivity contribution is 8.13. The summed E-state index contributed by atoms with van der Waals surface area (Å²) in [5, 5.41) is 3.17. The van der Waals surface area contributed by atoms with Gasteiger partial charge in [-0.2, -0.15) is 4.98 Å². The number of rotatable bonds is 8. The Morgan fingerprint density at radius 2 is 1.93 bits per heavy atom. The molecule has 1 aromatic heterocycles. The molecule has 0 saturated carbocycles. The quantitative estimate of drug-likeness (QED) is 0.673. The number of aryl methyl sites for hydroxylation is 1. The summed E-state index contributed by atoms with van der Waals surface area (Å²) in [6.45, 7) is 4.72. The monoisotopic (exact) mass is 406 g/mol. The summed E-state index contributed by atoms with van der Waals surface area (Å²) in [5.74, 6) is -0.416. The molecule has 1 N–H and O–H groups in total. The largest absolute Gasteiger partial charge is 0.406 e. The number of esters is 1. The summed E-state index contributed by atoms with van der Waals surface area (Å²) >= 11 is 2.42. The van der Waals surface area contributed by atoms with E-state index in [0.717, 1.165) is 22.2 Å². The van der Waals surface area contributed by atoms with Gasteiger partial charge >= 0.3 is 5.97 Å². The van der Waals surface area contributed by atoms with E-state index in [1.54, 1.807) is 0 Å². The van der Waals surface area contributed by atoms with E-state index >= 15 is 0 Å². The normalized spacial score (nSPS) is 11.7. The SMILES string of the molecule is CCc1sc(NC(=O)C(CSC(C)=O)Cc2ccccc2)nc1OC(C)=O. The number of benzene rings is 1. The molecule has 0 saturated heterocycles. The molecule has 0 radical (unpaired) electrons. The Morgan fingerprint density at radius 1 is 1.22 bits per heavy atom. The van der Waals surface area contributed by atoms with Crippen LogP contribution in [-0.2, 0) is 27.2 Å². The van der Waals surface area contributed by atoms with Crippen molar-refractivity contribution in [2.24, 2.45) is 5.92 Å². The number of hydrogen-bond acceptors (Lipinski definition) is 7. The zero-order chi connectivity index (χ0) is 19.8. The van der Waals surface area contributed by atoms with Crippen molar-refractivity contribution in [3.8, 4) is 5.88 Å². The Labute approximate surface area is 166 Å². The fourth-order valence-corrected chi connectivity index (χ4v) is 3.92. The van der Waals surface area contributed by atoms with Crippen LogP contribution in [0.4, 0.5) is 5.13 Å². The molecule has 1 unspecified atom stereocenters. The van der Waals surface area contributed by atoms with Crippen molar-refractivity contribution < 1.29 is 19.1 Å². The molecule has 2 aromatic rings. The molecule has 0 fully saturated rings. The van der Waals surface area contributed by atoms with Crippen molar-refractivity contribution in [2.75, 3.05) is 11.1 Å². The number of aromatic nitrogens is 1. The first-order valence-electron chi connectivity index (χ1n) is 8.55. The van der Waals surface area contributed by atoms with E-state index in [-0.39, 0.29) is 22.8 Å². The lowest BCUT2D eigenvalue weighted by Crippen LogP contribution is -2.27. The number of hydrogen-bond donors (Lipinski definition) is 1. The molecule has 6 nitrogen and oxygen atoms in total. The molecule has 0 bridgehead atoms. The third kappa shape index (κ3) is 6.80. The van der Waals surface area contributed by atoms with Gasteiger partial charge < -0.3 is 10.1 Å². The van der Waals surface area contributed by atoms with Crippen LogP contribution in [-0.4, -0.2) is 27.7 Å². The van der Waals surface area contributed by atoms with Gasteiger partial charge in [-0.1, -0.05) is 60.4 Å². The van der Waals surface area contributed by atoms with E-state index in [0.29, 0.717) is 23.7 Å². The van der Waals surface area contributed by atoms with Crippen LogP contribution < -0.4 is 10.1 Å². The Kier molecular flexibility index (Phi) is 7.99. The first kappa shape index (κ1) is 21.1. The summed E-state index contributed by atoms with van der Waals surface area (Å²) < 4.78 is 5.09. The zero-order valence-electron chi connectivity index (χ0n) is 15.5. The zero-order valence-corrected chi connectivity index (χ0v) is 17.1. The Bertz CT molecular complexity index is 805. The van der Waals surface area contributed by atoms with Gasteiger partial charge in [-0.25, -0.2) is 0 Å². The molecule has 1 amide bonds. The molecule has 0 aliphatic carbocycles. The van der Waals surface area contributed by atoms with E-state index in [2.05, 4.69) is 10.3 Å². The van der Waals surface area contributed by atoms with Gasteiger partial charge in [0.15, 0.2) is 10.2 Å². The van der Waals surface area contributed by atoms with Crippen molar-refractivity contribution in [1.29, 1.82) is 0 Å². The summed E-state index contributed by atoms with van der Waals surface area (Å²) in [6, 6.07) is 9.66. The van der Waals surface area contributed by atoms with Crippen LogP contribution >= 0.6 is 23.1 Å². The molecule has 1 heterocycles. The van der Waals surface area contributed by atoms with Gasteiger partial charge in [-0.3, -0.25) is 14.4 Å². The number of thioether (sulfide) groups is 1. The minimum absolute atomic E-state index is 0.0273. The second kappa shape index (κ2) is 10.2. The van der Waals surface area contributed by atoms with Crippen LogP contribution in [0.2, 0.25) is 0 Å². The van der Waals surface area contributed by atoms with Crippen molar-refractivity contribution in [1.82, 2.24) is 4.98 Å². The van der Waals surface area contributed by atoms with Gasteiger partial charge in [0, 0.05) is 19.6 Å². The first-order valence-corrected chi connectivity index (χ1v) is 10.4. The third-order valence-corrected chi connectivity index (χ3v) is 5.71. The van der Waals surface area contributed by atoms with Crippen molar-refractivity contribution in [2.45, 2.75) is 33.6 Å². The molecule has 2 rings (SSSR count). The lowest BCUT2D eigenvalue weighted by Gasteiger charge is -2.15. The van der Waals surface area contributed by atoms with Gasteiger partial charge in [0.05, 0.1) is 10.8 Å². The minimum atomic E-state index is -0.451. The average molecular weight is 407 g/mol. The van der Waals surface area contributed by atoms with Crippen molar-refractivity contribution in [3.05, 3.63) is 40.8 Å². The number of anilines is 1. The molecule has 0 aliphatic rings. The van der Waals surface area contributed by atoms with E-state index in [9.17, 15) is 14.4 Å². The number of carbonyl (C=O) groups excluding carboxylic acids is 3. The first-order chi connectivity index (χ1) is 12.9. The smallest absolute Gasteiger partial charge is 0.309 e. The summed E-state index contributed by atoms with van der Waals surface area (Å²) in [7, 11) is 0. The van der Waals surface area contributed by atoms with Gasteiger partial charge in [0.1, 0.15) is 0 Å². The van der Waals surface area contributed by atoms with Gasteiger partial charge in [0.25, 0.3) is 0 Å². The van der Waals surface area contributed by atoms with Crippen LogP contribution in [0.3, 0.4) is 0 Å². The standard InChI is InChI=1S/C19H22N2O4S2/c1-4-16-18(25-12(2)22)21-19(27-16)20-17(24)15(11-26-13(3)23)10-14-8-6-5-7-9-14/h5-9,15H,4,10-11H2,1-3H3,(H,20,21,24). The van der Waals surface area contributed by atoms with E-state index in [4.69, 9.17) is 4.74 Å². The lowest BCUT2D eigenvalue weighted by atomic mass is 10.0. The molecule has 1 aromatic carbocycles. The number of carbonyl (C=O) groups is 3. The second-order valence-corrected chi connectivity index (χ2v) is 8.15. The summed E-state index contributed by atoms with van der Waals surface area (Å²) in [5.41, 5.74) is 1.02. The van der Waals surface area contributed by atoms with Crippen molar-refractivity contribution in [3.63, 3.8) is 0 Å². The fourth-order valence-electron chi connectivity index (χ4n) is 2.38. The number of nitrogens with zero attached hydrogens (tertiary/aromatic N) is 1. The molecular formula is C19H22N2O4S2. The third-order valence-electron chi connectivity index (χ3n) is 3.64. The molecular weight excluding hydrogens is 384 g/mol. The predicted octanol–water partition coefficient (Wildman–Crippen LogP) is 3.71. The van der Waals surface area contributed by atoms with Crippen LogP contribution in [0, 0.1) is 5.92 Å². The molecule has 144 valence electrons. The Balaban J connectivity index is 2.13. The lowest BCUT2D eigenvalue weighted by molar-refractivity contribution is -0.132. The molecule has 8 heteroatoms. The average Bonchev–Trinajstić information content (AvgIpc) is 2.99. The maximum absolute atomic E-state index is 12.8. The maximum atomic E-state index is 12.8. The number of thiazole rings is 1. The van der Waals surface area contributed by atoms with E-state index in [1.807, 2.05) is 37.3 Å².